The zero-order chi connectivity index (χ0) is 16.5. The summed E-state index contributed by atoms with van der Waals surface area (Å²) in [5, 5.41) is 4.61. The molecule has 2 aliphatic heterocycles. The minimum atomic E-state index is 0.0526. The van der Waals surface area contributed by atoms with Crippen molar-refractivity contribution in [3.63, 3.8) is 0 Å². The molecule has 3 aliphatic rings. The Morgan fingerprint density at radius 2 is 1.88 bits per heavy atom. The first kappa shape index (κ1) is 15.8. The number of rotatable bonds is 5. The lowest BCUT2D eigenvalue weighted by Gasteiger charge is -2.40. The number of hydrogen-bond donors (Lipinski definition) is 0. The summed E-state index contributed by atoms with van der Waals surface area (Å²) in [5.41, 5.74) is 2.34. The van der Waals surface area contributed by atoms with Crippen molar-refractivity contribution in [2.45, 2.75) is 45.1 Å². The molecule has 0 unspecified atom stereocenters. The second kappa shape index (κ2) is 6.67. The van der Waals surface area contributed by atoms with Crippen molar-refractivity contribution in [3.8, 4) is 0 Å². The third-order valence-corrected chi connectivity index (χ3v) is 5.60. The number of fused-ring (bicyclic) bond motifs is 1. The molecule has 0 spiro atoms. The monoisotopic (exact) mass is 330 g/mol. The highest BCUT2D eigenvalue weighted by Gasteiger charge is 2.29. The van der Waals surface area contributed by atoms with Crippen LogP contribution in [0.4, 0.5) is 0 Å². The van der Waals surface area contributed by atoms with Gasteiger partial charge in [-0.3, -0.25) is 9.59 Å². The highest BCUT2D eigenvalue weighted by atomic mass is 16.2. The largest absolute Gasteiger partial charge is 0.341 e. The summed E-state index contributed by atoms with van der Waals surface area (Å²) >= 11 is 0. The topological polar surface area (TPSA) is 58.4 Å². The molecule has 1 aliphatic carbocycles. The van der Waals surface area contributed by atoms with Crippen LogP contribution in [0, 0.1) is 5.92 Å². The average molecular weight is 330 g/mol. The lowest BCUT2D eigenvalue weighted by Crippen LogP contribution is -2.51. The fourth-order valence-electron chi connectivity index (χ4n) is 4.15. The Bertz CT molecular complexity index is 678. The van der Waals surface area contributed by atoms with Gasteiger partial charge in [0.05, 0.1) is 12.2 Å². The first-order valence-corrected chi connectivity index (χ1v) is 9.29. The number of likely N-dealkylation sites (tertiary alicyclic amines) is 2. The van der Waals surface area contributed by atoms with Crippen LogP contribution in [-0.4, -0.2) is 58.2 Å². The van der Waals surface area contributed by atoms with Crippen LogP contribution >= 0.6 is 0 Å². The van der Waals surface area contributed by atoms with Crippen molar-refractivity contribution in [2.24, 2.45) is 5.92 Å². The summed E-state index contributed by atoms with van der Waals surface area (Å²) in [6.07, 6.45) is 6.10. The van der Waals surface area contributed by atoms with Crippen LogP contribution in [0.15, 0.2) is 10.9 Å². The quantitative estimate of drug-likeness (QED) is 0.796. The Hall–Kier alpha value is -1.69. The highest BCUT2D eigenvalue weighted by Crippen LogP contribution is 2.20. The van der Waals surface area contributed by atoms with Crippen molar-refractivity contribution in [1.29, 1.82) is 0 Å². The third-order valence-electron chi connectivity index (χ3n) is 5.60. The number of aromatic nitrogens is 2. The summed E-state index contributed by atoms with van der Waals surface area (Å²) in [4.78, 5) is 28.2. The predicted molar refractivity (Wildman–Crippen MR) is 90.9 cm³/mol. The van der Waals surface area contributed by atoms with E-state index in [2.05, 4.69) is 10.00 Å². The smallest absolute Gasteiger partial charge is 0.267 e. The number of aryl methyl sites for hydroxylation is 2. The predicted octanol–water partition coefficient (Wildman–Crippen LogP) is 0.676. The number of amides is 1. The Balaban J connectivity index is 1.27. The van der Waals surface area contributed by atoms with E-state index >= 15 is 0 Å². The van der Waals surface area contributed by atoms with Crippen molar-refractivity contribution in [1.82, 2.24) is 19.6 Å². The molecule has 0 saturated carbocycles. The second-order valence-corrected chi connectivity index (χ2v) is 7.45. The van der Waals surface area contributed by atoms with Gasteiger partial charge in [0.2, 0.25) is 5.91 Å². The standard InChI is InChI=1S/C18H26N4O2/c23-17-6-3-7-21(17)9-8-20-11-14(12-20)13-22-18(24)10-15-4-1-2-5-16(15)19-22/h10,14H,1-9,11-13H2. The van der Waals surface area contributed by atoms with E-state index in [1.165, 1.54) is 12.8 Å². The molecule has 6 heteroatoms. The summed E-state index contributed by atoms with van der Waals surface area (Å²) in [6.45, 7) is 5.47. The van der Waals surface area contributed by atoms with E-state index in [0.717, 1.165) is 76.2 Å². The van der Waals surface area contributed by atoms with E-state index in [9.17, 15) is 9.59 Å². The zero-order valence-electron chi connectivity index (χ0n) is 14.2. The zero-order valence-corrected chi connectivity index (χ0v) is 14.2. The van der Waals surface area contributed by atoms with Gasteiger partial charge in [-0.1, -0.05) is 0 Å². The lowest BCUT2D eigenvalue weighted by molar-refractivity contribution is -0.128. The maximum Gasteiger partial charge on any atom is 0.267 e. The first-order valence-electron chi connectivity index (χ1n) is 9.29. The Morgan fingerprint density at radius 1 is 1.04 bits per heavy atom. The summed E-state index contributed by atoms with van der Waals surface area (Å²) in [7, 11) is 0. The molecule has 0 radical (unpaired) electrons. The van der Waals surface area contributed by atoms with Crippen molar-refractivity contribution < 1.29 is 4.79 Å². The van der Waals surface area contributed by atoms with E-state index in [0.29, 0.717) is 11.8 Å². The molecule has 1 amide bonds. The van der Waals surface area contributed by atoms with Crippen molar-refractivity contribution >= 4 is 5.91 Å². The second-order valence-electron chi connectivity index (χ2n) is 7.45. The summed E-state index contributed by atoms with van der Waals surface area (Å²) in [6, 6.07) is 1.80. The minimum absolute atomic E-state index is 0.0526. The van der Waals surface area contributed by atoms with Crippen molar-refractivity contribution in [2.75, 3.05) is 32.7 Å². The molecule has 0 bridgehead atoms. The van der Waals surface area contributed by atoms with Gasteiger partial charge in [-0.25, -0.2) is 4.68 Å². The summed E-state index contributed by atoms with van der Waals surface area (Å²) < 4.78 is 1.68. The number of carbonyl (C=O) groups is 1. The third kappa shape index (κ3) is 3.24. The van der Waals surface area contributed by atoms with Gasteiger partial charge in [0.25, 0.3) is 5.56 Å². The molecule has 2 fully saturated rings. The van der Waals surface area contributed by atoms with E-state index in [4.69, 9.17) is 0 Å². The molecule has 4 rings (SSSR count). The summed E-state index contributed by atoms with van der Waals surface area (Å²) in [5.74, 6) is 0.808. The molecule has 1 aromatic rings. The molecule has 1 aromatic heterocycles. The van der Waals surface area contributed by atoms with Gasteiger partial charge in [0.1, 0.15) is 0 Å². The molecule has 0 N–H and O–H groups in total. The van der Waals surface area contributed by atoms with Crippen LogP contribution in [0.25, 0.3) is 0 Å². The van der Waals surface area contributed by atoms with Crippen LogP contribution in [0.1, 0.15) is 36.9 Å². The molecule has 6 nitrogen and oxygen atoms in total. The van der Waals surface area contributed by atoms with Gasteiger partial charge in [0, 0.05) is 51.1 Å². The number of hydrogen-bond acceptors (Lipinski definition) is 4. The lowest BCUT2D eigenvalue weighted by atomic mass is 9.96. The fourth-order valence-corrected chi connectivity index (χ4v) is 4.15. The molecular formula is C18H26N4O2. The fraction of sp³-hybridized carbons (Fsp3) is 0.722. The Kier molecular flexibility index (Phi) is 4.39. The SMILES string of the molecule is O=C1CCCN1CCN1CC(Cn2nc3c(cc2=O)CCCC3)C1. The van der Waals surface area contributed by atoms with E-state index in [-0.39, 0.29) is 5.56 Å². The Labute approximate surface area is 142 Å². The Morgan fingerprint density at radius 3 is 2.67 bits per heavy atom. The van der Waals surface area contributed by atoms with Crippen LogP contribution in [-0.2, 0) is 24.2 Å². The van der Waals surface area contributed by atoms with E-state index in [1.807, 2.05) is 4.90 Å². The number of nitrogens with zero attached hydrogens (tertiary/aromatic N) is 4. The minimum Gasteiger partial charge on any atom is -0.341 e. The average Bonchev–Trinajstić information content (AvgIpc) is 2.95. The first-order chi connectivity index (χ1) is 11.7. The molecule has 0 aromatic carbocycles. The van der Waals surface area contributed by atoms with Gasteiger partial charge in [0.15, 0.2) is 0 Å². The van der Waals surface area contributed by atoms with E-state index in [1.54, 1.807) is 10.7 Å². The molecule has 2 saturated heterocycles. The van der Waals surface area contributed by atoms with Gasteiger partial charge in [-0.2, -0.15) is 5.10 Å². The van der Waals surface area contributed by atoms with Crippen LogP contribution in [0.5, 0.6) is 0 Å². The maximum atomic E-state index is 12.2. The maximum absolute atomic E-state index is 12.2. The van der Waals surface area contributed by atoms with Gasteiger partial charge >= 0.3 is 0 Å². The van der Waals surface area contributed by atoms with Crippen LogP contribution < -0.4 is 5.56 Å². The van der Waals surface area contributed by atoms with Gasteiger partial charge in [-0.05, 0) is 37.7 Å². The number of carbonyl (C=O) groups excluding carboxylic acids is 1. The normalized spacial score (nSPS) is 21.8. The molecule has 3 heterocycles. The molecule has 24 heavy (non-hydrogen) atoms. The van der Waals surface area contributed by atoms with Gasteiger partial charge in [-0.15, -0.1) is 0 Å². The van der Waals surface area contributed by atoms with Crippen LogP contribution in [0.2, 0.25) is 0 Å². The van der Waals surface area contributed by atoms with Gasteiger partial charge < -0.3 is 9.80 Å². The molecular weight excluding hydrogens is 304 g/mol. The van der Waals surface area contributed by atoms with Crippen LogP contribution in [0.3, 0.4) is 0 Å². The molecule has 0 atom stereocenters. The highest BCUT2D eigenvalue weighted by molar-refractivity contribution is 5.78. The van der Waals surface area contributed by atoms with E-state index < -0.39 is 0 Å². The molecule has 130 valence electrons. The van der Waals surface area contributed by atoms with Crippen molar-refractivity contribution in [3.05, 3.63) is 27.7 Å².